The van der Waals surface area contributed by atoms with Gasteiger partial charge in [-0.3, -0.25) is 4.98 Å². The zero-order valence-electron chi connectivity index (χ0n) is 11.0. The highest BCUT2D eigenvalue weighted by molar-refractivity contribution is 7.98. The highest BCUT2D eigenvalue weighted by atomic mass is 35.5. The lowest BCUT2D eigenvalue weighted by molar-refractivity contribution is 0.355. The third kappa shape index (κ3) is 3.31. The molecular weight excluding hydrogens is 296 g/mol. The van der Waals surface area contributed by atoms with Crippen LogP contribution < -0.4 is 5.73 Å². The molecule has 1 aliphatic carbocycles. The number of nitrogens with zero attached hydrogens (tertiary/aromatic N) is 3. The zero-order valence-corrected chi connectivity index (χ0v) is 12.6. The molecule has 2 aromatic rings. The van der Waals surface area contributed by atoms with E-state index in [0.29, 0.717) is 17.5 Å². The van der Waals surface area contributed by atoms with Crippen LogP contribution in [0.25, 0.3) is 0 Å². The van der Waals surface area contributed by atoms with E-state index in [9.17, 15) is 0 Å². The molecule has 0 radical (unpaired) electrons. The quantitative estimate of drug-likeness (QED) is 0.875. The summed E-state index contributed by atoms with van der Waals surface area (Å²) >= 11 is 1.65. The molecule has 20 heavy (non-hydrogen) atoms. The maximum atomic E-state index is 6.30. The van der Waals surface area contributed by atoms with E-state index >= 15 is 0 Å². The molecule has 1 aliphatic rings. The van der Waals surface area contributed by atoms with Gasteiger partial charge in [-0.25, -0.2) is 0 Å². The summed E-state index contributed by atoms with van der Waals surface area (Å²) < 4.78 is 5.29. The van der Waals surface area contributed by atoms with Crippen molar-refractivity contribution in [2.24, 2.45) is 5.73 Å². The number of hydrogen-bond acceptors (Lipinski definition) is 6. The van der Waals surface area contributed by atoms with E-state index in [1.807, 2.05) is 12.1 Å². The molecule has 3 rings (SSSR count). The molecule has 1 saturated carbocycles. The topological polar surface area (TPSA) is 77.8 Å². The number of nitrogens with two attached hydrogens (primary N) is 1. The van der Waals surface area contributed by atoms with Crippen molar-refractivity contribution in [1.29, 1.82) is 0 Å². The van der Waals surface area contributed by atoms with Crippen molar-refractivity contribution >= 4 is 24.2 Å². The van der Waals surface area contributed by atoms with Gasteiger partial charge in [0.05, 0.1) is 11.3 Å². The minimum atomic E-state index is -0.372. The van der Waals surface area contributed by atoms with Crippen LogP contribution in [0.4, 0.5) is 0 Å². The molecule has 0 saturated heterocycles. The fourth-order valence-corrected chi connectivity index (χ4v) is 3.05. The Hall–Kier alpha value is -1.11. The summed E-state index contributed by atoms with van der Waals surface area (Å²) in [6.45, 7) is 0. The molecule has 0 atom stereocenters. The summed E-state index contributed by atoms with van der Waals surface area (Å²) in [5, 5.41) is 4.05. The molecule has 2 heterocycles. The predicted octanol–water partition coefficient (Wildman–Crippen LogP) is 2.91. The Bertz CT molecular complexity index is 542. The monoisotopic (exact) mass is 312 g/mol. The average Bonchev–Trinajstić information content (AvgIpc) is 3.07. The molecule has 0 aliphatic heterocycles. The van der Waals surface area contributed by atoms with Gasteiger partial charge >= 0.3 is 0 Å². The lowest BCUT2D eigenvalue weighted by Gasteiger charge is -2.17. The van der Waals surface area contributed by atoms with Crippen LogP contribution in [0.5, 0.6) is 0 Å². The molecule has 0 unspecified atom stereocenters. The van der Waals surface area contributed by atoms with Crippen LogP contribution in [-0.2, 0) is 11.3 Å². The van der Waals surface area contributed by atoms with Crippen molar-refractivity contribution < 1.29 is 4.52 Å². The number of rotatable bonds is 4. The number of hydrogen-bond donors (Lipinski definition) is 1. The van der Waals surface area contributed by atoms with Crippen molar-refractivity contribution in [3.63, 3.8) is 0 Å². The number of halogens is 1. The van der Waals surface area contributed by atoms with Gasteiger partial charge in [-0.15, -0.1) is 24.2 Å². The van der Waals surface area contributed by atoms with Crippen LogP contribution in [0.15, 0.2) is 33.9 Å². The van der Waals surface area contributed by atoms with Crippen LogP contribution in [0.3, 0.4) is 0 Å². The minimum absolute atomic E-state index is 0. The van der Waals surface area contributed by atoms with E-state index in [1.54, 1.807) is 24.2 Å². The second-order valence-corrected chi connectivity index (χ2v) is 5.90. The summed E-state index contributed by atoms with van der Waals surface area (Å²) in [4.78, 5) is 9.56. The van der Waals surface area contributed by atoms with Gasteiger partial charge in [0.15, 0.2) is 5.82 Å². The smallest absolute Gasteiger partial charge is 0.237 e. The first-order valence-corrected chi connectivity index (χ1v) is 7.40. The van der Waals surface area contributed by atoms with Crippen LogP contribution in [0.2, 0.25) is 0 Å². The van der Waals surface area contributed by atoms with E-state index < -0.39 is 0 Å². The van der Waals surface area contributed by atoms with Crippen molar-refractivity contribution in [3.05, 3.63) is 36.2 Å². The zero-order chi connectivity index (χ0) is 13.1. The molecule has 0 spiro atoms. The molecule has 2 N–H and O–H groups in total. The van der Waals surface area contributed by atoms with Gasteiger partial charge < -0.3 is 10.3 Å². The molecular formula is C13H17ClN4OS. The van der Waals surface area contributed by atoms with Gasteiger partial charge in [-0.05, 0) is 25.0 Å². The molecule has 7 heteroatoms. The molecule has 0 amide bonds. The lowest BCUT2D eigenvalue weighted by Crippen LogP contribution is -2.34. The van der Waals surface area contributed by atoms with E-state index in [-0.39, 0.29) is 17.9 Å². The molecule has 2 aromatic heterocycles. The minimum Gasteiger partial charge on any atom is -0.338 e. The van der Waals surface area contributed by atoms with Crippen molar-refractivity contribution in [1.82, 2.24) is 15.1 Å². The Balaban J connectivity index is 0.00000147. The van der Waals surface area contributed by atoms with Gasteiger partial charge in [0.2, 0.25) is 5.89 Å². The lowest BCUT2D eigenvalue weighted by atomic mass is 9.99. The predicted molar refractivity (Wildman–Crippen MR) is 79.7 cm³/mol. The van der Waals surface area contributed by atoms with Gasteiger partial charge in [0.25, 0.3) is 0 Å². The Morgan fingerprint density at radius 1 is 1.25 bits per heavy atom. The van der Waals surface area contributed by atoms with Crippen LogP contribution in [-0.4, -0.2) is 15.1 Å². The summed E-state index contributed by atoms with van der Waals surface area (Å²) in [6, 6.07) is 3.92. The molecule has 0 bridgehead atoms. The SMILES string of the molecule is Cl.NC1(c2noc(CSc3ccncc3)n2)CCCC1. The van der Waals surface area contributed by atoms with Crippen molar-refractivity contribution in [2.45, 2.75) is 41.9 Å². The summed E-state index contributed by atoms with van der Waals surface area (Å²) in [5.74, 6) is 1.96. The highest BCUT2D eigenvalue weighted by Crippen LogP contribution is 2.34. The van der Waals surface area contributed by atoms with Gasteiger partial charge in [0.1, 0.15) is 0 Å². The summed E-state index contributed by atoms with van der Waals surface area (Å²) in [7, 11) is 0. The summed E-state index contributed by atoms with van der Waals surface area (Å²) in [5.41, 5.74) is 5.93. The van der Waals surface area contributed by atoms with E-state index in [2.05, 4.69) is 15.1 Å². The normalized spacial score (nSPS) is 16.9. The number of thioether (sulfide) groups is 1. The second-order valence-electron chi connectivity index (χ2n) is 4.85. The first kappa shape index (κ1) is 15.3. The Morgan fingerprint density at radius 2 is 1.95 bits per heavy atom. The Morgan fingerprint density at radius 3 is 2.65 bits per heavy atom. The van der Waals surface area contributed by atoms with E-state index in [1.165, 1.54) is 0 Å². The molecule has 108 valence electrons. The first-order valence-electron chi connectivity index (χ1n) is 6.41. The molecule has 5 nitrogen and oxygen atoms in total. The van der Waals surface area contributed by atoms with Crippen LogP contribution >= 0.6 is 24.2 Å². The largest absolute Gasteiger partial charge is 0.338 e. The Kier molecular flexibility index (Phi) is 5.01. The van der Waals surface area contributed by atoms with Gasteiger partial charge in [-0.2, -0.15) is 4.98 Å². The molecule has 0 aromatic carbocycles. The fourth-order valence-electron chi connectivity index (χ4n) is 2.32. The number of pyridine rings is 1. The third-order valence-electron chi connectivity index (χ3n) is 3.42. The van der Waals surface area contributed by atoms with Crippen molar-refractivity contribution in [3.8, 4) is 0 Å². The average molecular weight is 313 g/mol. The standard InChI is InChI=1S/C13H16N4OS.ClH/c14-13(5-1-2-6-13)12-16-11(18-17-12)9-19-10-3-7-15-8-4-10;/h3-4,7-8H,1-2,5-6,9,14H2;1H. The van der Waals surface area contributed by atoms with Crippen LogP contribution in [0.1, 0.15) is 37.4 Å². The highest BCUT2D eigenvalue weighted by Gasteiger charge is 2.35. The second kappa shape index (κ2) is 6.56. The Labute approximate surface area is 128 Å². The maximum absolute atomic E-state index is 6.30. The van der Waals surface area contributed by atoms with E-state index in [4.69, 9.17) is 10.3 Å². The van der Waals surface area contributed by atoms with Crippen LogP contribution in [0, 0.1) is 0 Å². The number of aromatic nitrogens is 3. The third-order valence-corrected chi connectivity index (χ3v) is 4.42. The van der Waals surface area contributed by atoms with Gasteiger partial charge in [-0.1, -0.05) is 18.0 Å². The van der Waals surface area contributed by atoms with Crippen molar-refractivity contribution in [2.75, 3.05) is 0 Å². The summed E-state index contributed by atoms with van der Waals surface area (Å²) in [6.07, 6.45) is 7.73. The first-order chi connectivity index (χ1) is 9.26. The van der Waals surface area contributed by atoms with E-state index in [0.717, 1.165) is 30.6 Å². The maximum Gasteiger partial charge on any atom is 0.237 e. The molecule has 1 fully saturated rings. The van der Waals surface area contributed by atoms with Gasteiger partial charge in [0, 0.05) is 17.3 Å². The fraction of sp³-hybridized carbons (Fsp3) is 0.462.